The van der Waals surface area contributed by atoms with Crippen molar-refractivity contribution in [2.24, 2.45) is 0 Å². The Morgan fingerprint density at radius 1 is 1.14 bits per heavy atom. The number of aromatic carboxylic acids is 1. The Bertz CT molecular complexity index is 786. The van der Waals surface area contributed by atoms with Gasteiger partial charge in [0.15, 0.2) is 5.11 Å². The van der Waals surface area contributed by atoms with E-state index in [1.54, 1.807) is 30.3 Å². The minimum Gasteiger partial charge on any atom is -0.478 e. The number of pyridine rings is 1. The number of rotatable bonds is 3. The fraction of sp³-hybridized carbons (Fsp3) is 0. The number of aromatic amines is 1. The number of hydrogen-bond acceptors (Lipinski definition) is 4. The van der Waals surface area contributed by atoms with E-state index in [0.29, 0.717) is 5.56 Å². The van der Waals surface area contributed by atoms with Crippen molar-refractivity contribution in [1.82, 2.24) is 10.3 Å². The summed E-state index contributed by atoms with van der Waals surface area (Å²) in [7, 11) is 0. The first kappa shape index (κ1) is 15.4. The van der Waals surface area contributed by atoms with E-state index >= 15 is 0 Å². The molecule has 0 saturated carbocycles. The maximum absolute atomic E-state index is 11.9. The molecule has 0 aliphatic heterocycles. The lowest BCUT2D eigenvalue weighted by molar-refractivity contribution is 0.0696. The zero-order valence-corrected chi connectivity index (χ0v) is 11.9. The second-order valence-electron chi connectivity index (χ2n) is 4.21. The molecule has 0 spiro atoms. The van der Waals surface area contributed by atoms with Crippen LogP contribution < -0.4 is 16.2 Å². The monoisotopic (exact) mass is 317 g/mol. The van der Waals surface area contributed by atoms with Crippen LogP contribution in [0.4, 0.5) is 5.69 Å². The smallest absolute Gasteiger partial charge is 0.337 e. The molecule has 0 atom stereocenters. The van der Waals surface area contributed by atoms with Crippen LogP contribution in [-0.4, -0.2) is 27.1 Å². The predicted molar refractivity (Wildman–Crippen MR) is 84.2 cm³/mol. The molecule has 7 nitrogen and oxygen atoms in total. The zero-order chi connectivity index (χ0) is 16.1. The van der Waals surface area contributed by atoms with Gasteiger partial charge in [-0.2, -0.15) is 0 Å². The molecule has 8 heteroatoms. The van der Waals surface area contributed by atoms with Gasteiger partial charge in [-0.1, -0.05) is 18.2 Å². The molecule has 0 bridgehead atoms. The number of carboxylic acid groups (broad SMARTS) is 1. The Morgan fingerprint density at radius 3 is 2.45 bits per heavy atom. The number of aromatic nitrogens is 1. The van der Waals surface area contributed by atoms with E-state index in [9.17, 15) is 14.4 Å². The Balaban J connectivity index is 2.09. The first-order chi connectivity index (χ1) is 10.5. The van der Waals surface area contributed by atoms with Gasteiger partial charge in [0.05, 0.1) is 5.56 Å². The lowest BCUT2D eigenvalue weighted by Gasteiger charge is -2.09. The lowest BCUT2D eigenvalue weighted by Crippen LogP contribution is -2.35. The Hall–Kier alpha value is -3.00. The van der Waals surface area contributed by atoms with Gasteiger partial charge < -0.3 is 15.4 Å². The number of carbonyl (C=O) groups excluding carboxylic acids is 1. The van der Waals surface area contributed by atoms with Crippen molar-refractivity contribution in [2.45, 2.75) is 0 Å². The summed E-state index contributed by atoms with van der Waals surface area (Å²) in [6.45, 7) is 0. The fourth-order valence-electron chi connectivity index (χ4n) is 1.62. The van der Waals surface area contributed by atoms with E-state index in [-0.39, 0.29) is 16.4 Å². The molecule has 0 saturated heterocycles. The molecule has 0 aliphatic rings. The van der Waals surface area contributed by atoms with E-state index in [2.05, 4.69) is 15.6 Å². The number of H-pyrrole nitrogens is 1. The van der Waals surface area contributed by atoms with Crippen LogP contribution in [0, 0.1) is 0 Å². The van der Waals surface area contributed by atoms with Crippen molar-refractivity contribution < 1.29 is 14.7 Å². The van der Waals surface area contributed by atoms with Crippen molar-refractivity contribution >= 4 is 34.9 Å². The summed E-state index contributed by atoms with van der Waals surface area (Å²) in [6, 6.07) is 9.51. The average molecular weight is 317 g/mol. The Labute approximate surface area is 130 Å². The van der Waals surface area contributed by atoms with Gasteiger partial charge in [0, 0.05) is 11.8 Å². The number of carboxylic acids is 1. The van der Waals surface area contributed by atoms with Crippen molar-refractivity contribution in [3.63, 3.8) is 0 Å². The zero-order valence-electron chi connectivity index (χ0n) is 11.1. The molecule has 1 heterocycles. The van der Waals surface area contributed by atoms with Crippen LogP contribution in [0.15, 0.2) is 47.4 Å². The van der Waals surface area contributed by atoms with E-state index in [0.717, 1.165) is 12.3 Å². The highest BCUT2D eigenvalue weighted by atomic mass is 32.1. The molecule has 1 amide bonds. The minimum absolute atomic E-state index is 0.0711. The molecular formula is C14H11N3O4S. The summed E-state index contributed by atoms with van der Waals surface area (Å²) >= 11 is 4.94. The molecule has 22 heavy (non-hydrogen) atoms. The van der Waals surface area contributed by atoms with Crippen LogP contribution in [0.5, 0.6) is 0 Å². The Kier molecular flexibility index (Phi) is 4.64. The van der Waals surface area contributed by atoms with Gasteiger partial charge in [-0.3, -0.25) is 14.9 Å². The molecule has 0 fully saturated rings. The second-order valence-corrected chi connectivity index (χ2v) is 4.62. The number of anilines is 1. The van der Waals surface area contributed by atoms with Crippen LogP contribution in [0.1, 0.15) is 20.7 Å². The summed E-state index contributed by atoms with van der Waals surface area (Å²) in [5.41, 5.74) is -0.335. The van der Waals surface area contributed by atoms with Crippen molar-refractivity contribution in [3.8, 4) is 0 Å². The highest BCUT2D eigenvalue weighted by Gasteiger charge is 2.11. The molecule has 0 unspecified atom stereocenters. The summed E-state index contributed by atoms with van der Waals surface area (Å²) in [6.07, 6.45) is 1.07. The highest BCUT2D eigenvalue weighted by Crippen LogP contribution is 2.04. The van der Waals surface area contributed by atoms with E-state index in [1.807, 2.05) is 0 Å². The van der Waals surface area contributed by atoms with Crippen molar-refractivity contribution in [2.75, 3.05) is 5.32 Å². The number of carbonyl (C=O) groups is 2. The summed E-state index contributed by atoms with van der Waals surface area (Å²) in [5.74, 6) is -1.64. The van der Waals surface area contributed by atoms with Crippen LogP contribution in [-0.2, 0) is 0 Å². The van der Waals surface area contributed by atoms with Gasteiger partial charge in [0.25, 0.3) is 11.5 Å². The fourth-order valence-corrected chi connectivity index (χ4v) is 1.82. The lowest BCUT2D eigenvalue weighted by atomic mass is 10.2. The number of amides is 1. The Morgan fingerprint density at radius 2 is 1.82 bits per heavy atom. The maximum Gasteiger partial charge on any atom is 0.337 e. The summed E-state index contributed by atoms with van der Waals surface area (Å²) < 4.78 is 0. The number of thiocarbonyl (C=S) groups is 1. The largest absolute Gasteiger partial charge is 0.478 e. The molecular weight excluding hydrogens is 306 g/mol. The standard InChI is InChI=1S/C14H11N3O4S/c18-11(8-4-2-1-3-5-8)17-14(22)16-10-6-9(13(20)21)7-15-12(10)19/h1-7H,(H,15,19)(H,20,21)(H2,16,17,18,22). The highest BCUT2D eigenvalue weighted by molar-refractivity contribution is 7.80. The normalized spacial score (nSPS) is 9.82. The van der Waals surface area contributed by atoms with Crippen LogP contribution in [0.3, 0.4) is 0 Å². The minimum atomic E-state index is -1.20. The SMILES string of the molecule is O=C(O)c1c[nH]c(=O)c(NC(=S)NC(=O)c2ccccc2)c1. The molecule has 4 N–H and O–H groups in total. The van der Waals surface area contributed by atoms with Crippen molar-refractivity contribution in [3.05, 3.63) is 64.1 Å². The van der Waals surface area contributed by atoms with Crippen LogP contribution >= 0.6 is 12.2 Å². The van der Waals surface area contributed by atoms with Gasteiger partial charge in [-0.05, 0) is 30.4 Å². The van der Waals surface area contributed by atoms with E-state index in [4.69, 9.17) is 17.3 Å². The van der Waals surface area contributed by atoms with Gasteiger partial charge in [0.2, 0.25) is 0 Å². The summed E-state index contributed by atoms with van der Waals surface area (Å²) in [5, 5.41) is 13.7. The second kappa shape index (κ2) is 6.64. The molecule has 2 rings (SSSR count). The molecule has 1 aromatic heterocycles. The third-order valence-electron chi connectivity index (χ3n) is 2.66. The predicted octanol–water partition coefficient (Wildman–Crippen LogP) is 1.20. The quantitative estimate of drug-likeness (QED) is 0.633. The number of nitrogens with one attached hydrogen (secondary N) is 3. The molecule has 0 aliphatic carbocycles. The number of hydrogen-bond donors (Lipinski definition) is 4. The number of benzene rings is 1. The van der Waals surface area contributed by atoms with Crippen LogP contribution in [0.25, 0.3) is 0 Å². The molecule has 2 aromatic rings. The van der Waals surface area contributed by atoms with Crippen LogP contribution in [0.2, 0.25) is 0 Å². The van der Waals surface area contributed by atoms with Gasteiger partial charge >= 0.3 is 5.97 Å². The average Bonchev–Trinajstić information content (AvgIpc) is 2.50. The van der Waals surface area contributed by atoms with E-state index < -0.39 is 17.4 Å². The first-order valence-corrected chi connectivity index (χ1v) is 6.51. The first-order valence-electron chi connectivity index (χ1n) is 6.11. The maximum atomic E-state index is 11.9. The molecule has 0 radical (unpaired) electrons. The van der Waals surface area contributed by atoms with Gasteiger partial charge in [0.1, 0.15) is 5.69 Å². The topological polar surface area (TPSA) is 111 Å². The van der Waals surface area contributed by atoms with Crippen molar-refractivity contribution in [1.29, 1.82) is 0 Å². The summed E-state index contributed by atoms with van der Waals surface area (Å²) in [4.78, 5) is 36.6. The van der Waals surface area contributed by atoms with E-state index in [1.165, 1.54) is 0 Å². The van der Waals surface area contributed by atoms with Gasteiger partial charge in [-0.25, -0.2) is 4.79 Å². The molecule has 112 valence electrons. The van der Waals surface area contributed by atoms with Gasteiger partial charge in [-0.15, -0.1) is 0 Å². The molecule has 1 aromatic carbocycles. The third kappa shape index (κ3) is 3.76. The third-order valence-corrected chi connectivity index (χ3v) is 2.87.